The number of amides is 1. The second-order valence-electron chi connectivity index (χ2n) is 18.1. The van der Waals surface area contributed by atoms with Gasteiger partial charge in [0.25, 0.3) is 5.91 Å². The van der Waals surface area contributed by atoms with Crippen molar-refractivity contribution in [2.75, 3.05) is 56.7 Å². The fraction of sp³-hybridized carbons (Fsp3) is 0.490. The number of phenolic OH excluding ortho intramolecular Hbond substituents is 1. The summed E-state index contributed by atoms with van der Waals surface area (Å²) in [6.45, 7) is 16.3. The van der Waals surface area contributed by atoms with Crippen molar-refractivity contribution in [3.8, 4) is 11.5 Å². The molecule has 17 nitrogen and oxygen atoms in total. The number of anilines is 2. The Bertz CT molecular complexity index is 2830. The van der Waals surface area contributed by atoms with Crippen molar-refractivity contribution >= 4 is 62.0 Å². The van der Waals surface area contributed by atoms with E-state index in [2.05, 4.69) is 10.2 Å². The number of carbonyl (C=O) groups excluding carboxylic acids is 2. The lowest BCUT2D eigenvalue weighted by atomic mass is 9.79. The molecular formula is C49H60N4O13. The summed E-state index contributed by atoms with van der Waals surface area (Å²) in [4.78, 5) is 64.1. The Kier molecular flexibility index (Phi) is 13.9. The van der Waals surface area contributed by atoms with Gasteiger partial charge in [0, 0.05) is 99.9 Å². The minimum Gasteiger partial charge on any atom is -0.507 e. The average molecular weight is 913 g/mol. The molecule has 3 aromatic carbocycles. The van der Waals surface area contributed by atoms with E-state index in [0.717, 1.165) is 0 Å². The van der Waals surface area contributed by atoms with E-state index >= 15 is 0 Å². The predicted molar refractivity (Wildman–Crippen MR) is 249 cm³/mol. The summed E-state index contributed by atoms with van der Waals surface area (Å²) in [5, 5.41) is 47.3. The van der Waals surface area contributed by atoms with Gasteiger partial charge >= 0.3 is 11.8 Å². The molecule has 66 heavy (non-hydrogen) atoms. The normalized spacial score (nSPS) is 28.8. The van der Waals surface area contributed by atoms with E-state index in [0.29, 0.717) is 44.8 Å². The van der Waals surface area contributed by atoms with Crippen LogP contribution in [0.4, 0.5) is 11.4 Å². The molecular weight excluding hydrogens is 853 g/mol. The zero-order chi connectivity index (χ0) is 47.9. The summed E-state index contributed by atoms with van der Waals surface area (Å²) in [5.41, 5.74) is -1.31. The first kappa shape index (κ1) is 47.9. The minimum absolute atomic E-state index is 0.0247. The number of hydrogen-bond acceptors (Lipinski definition) is 16. The number of aliphatic hydroxyl groups excluding tert-OH is 3. The molecule has 1 saturated heterocycles. The SMILES string of the molecule is CO[C@H]1/C=C/O[C@@]2(C)Oc3c(C)c(O)c4c(=O)c(c5oc6cc(N7CCN(CCO)CC7)cc(=O)c6nc5c4c3=C2O)NC(=O)/C(C)=C\C=C\[C@H](C)C[C@@H](C)[C@@H](O)[C@@H](C)[C@H](OC(C)=O)[C@@H]1C. The van der Waals surface area contributed by atoms with Gasteiger partial charge < -0.3 is 54.0 Å². The van der Waals surface area contributed by atoms with Crippen molar-refractivity contribution in [2.24, 2.45) is 23.7 Å². The third-order valence-corrected chi connectivity index (χ3v) is 13.3. The van der Waals surface area contributed by atoms with E-state index in [4.69, 9.17) is 28.3 Å². The zero-order valence-electron chi connectivity index (χ0n) is 38.8. The summed E-state index contributed by atoms with van der Waals surface area (Å²) >= 11 is 0. The van der Waals surface area contributed by atoms with Crippen LogP contribution in [-0.2, 0) is 23.8 Å². The number of benzene rings is 3. The van der Waals surface area contributed by atoms with Gasteiger partial charge in [-0.3, -0.25) is 24.1 Å². The maximum atomic E-state index is 14.8. The number of aromatic hydroxyl groups is 1. The highest BCUT2D eigenvalue weighted by atomic mass is 16.7. The molecule has 354 valence electrons. The molecule has 1 fully saturated rings. The second kappa shape index (κ2) is 19.1. The molecule has 1 amide bonds. The van der Waals surface area contributed by atoms with Crippen LogP contribution in [0.5, 0.6) is 11.5 Å². The van der Waals surface area contributed by atoms with Crippen molar-refractivity contribution < 1.29 is 53.4 Å². The van der Waals surface area contributed by atoms with Crippen molar-refractivity contribution in [3.63, 3.8) is 0 Å². The number of hydrogen-bond donors (Lipinski definition) is 5. The standard InChI is InChI=1S/C49H60N4O13/c1-24-11-10-12-25(2)48(61)51-40-43(59)36-35(39-46(40)65-34-23-31(22-32(56)38(34)50-39)53-16-14-52(15-17-53)18-19-54)37-45(29(6)42(36)58)66-49(8,47(37)60)63-20-13-33(62-9)27(4)44(64-30(7)55)28(5)41(57)26(3)21-24/h10-13,20,22-24,26-28,33,41,44,54,57-58,60H,14-19,21H2,1-9H3,(H,51,61)/b11-10+,20-13+,25-12-/t24-,26+,27+,28+,33-,41+,44+,49-/m0/s1. The van der Waals surface area contributed by atoms with Gasteiger partial charge in [0.05, 0.1) is 35.7 Å². The topological polar surface area (TPSA) is 231 Å². The van der Waals surface area contributed by atoms with Crippen LogP contribution >= 0.6 is 0 Å². The fourth-order valence-electron chi connectivity index (χ4n) is 9.49. The largest absolute Gasteiger partial charge is 0.507 e. The molecule has 1 aromatic heterocycles. The summed E-state index contributed by atoms with van der Waals surface area (Å²) in [6, 6.07) is 3.09. The number of esters is 1. The first-order chi connectivity index (χ1) is 31.3. The van der Waals surface area contributed by atoms with Gasteiger partial charge in [0.15, 0.2) is 22.4 Å². The van der Waals surface area contributed by atoms with Crippen LogP contribution in [0, 0.1) is 30.6 Å². The van der Waals surface area contributed by atoms with Crippen LogP contribution in [0.25, 0.3) is 38.7 Å². The molecule has 0 aliphatic carbocycles. The Morgan fingerprint density at radius 3 is 2.38 bits per heavy atom. The van der Waals surface area contributed by atoms with Gasteiger partial charge in [-0.15, -0.1) is 0 Å². The van der Waals surface area contributed by atoms with E-state index in [1.807, 2.05) is 38.7 Å². The maximum Gasteiger partial charge on any atom is 0.307 e. The van der Waals surface area contributed by atoms with E-state index in [1.165, 1.54) is 40.2 Å². The lowest BCUT2D eigenvalue weighted by Crippen LogP contribution is -2.47. The average Bonchev–Trinajstić information content (AvgIpc) is 3.54. The van der Waals surface area contributed by atoms with Crippen LogP contribution in [0.3, 0.4) is 0 Å². The third-order valence-electron chi connectivity index (χ3n) is 13.3. The molecule has 0 saturated carbocycles. The molecule has 5 N–H and O–H groups in total. The Hall–Kier alpha value is -6.01. The molecule has 4 heterocycles. The van der Waals surface area contributed by atoms with Gasteiger partial charge in [0.1, 0.15) is 28.8 Å². The van der Waals surface area contributed by atoms with Crippen LogP contribution < -0.4 is 31.0 Å². The summed E-state index contributed by atoms with van der Waals surface area (Å²) in [6.07, 6.45) is 6.15. The molecule has 4 bridgehead atoms. The van der Waals surface area contributed by atoms with Crippen LogP contribution in [0.1, 0.15) is 60.5 Å². The quantitative estimate of drug-likeness (QED) is 0.104. The minimum atomic E-state index is -1.96. The molecule has 7 rings (SSSR count). The number of piperazine rings is 1. The number of fused-ring (bicyclic) bond motifs is 2. The molecule has 3 aliphatic rings. The molecule has 0 radical (unpaired) electrons. The Labute approximate surface area is 381 Å². The molecule has 8 atom stereocenters. The highest BCUT2D eigenvalue weighted by Crippen LogP contribution is 2.42. The maximum absolute atomic E-state index is 14.8. The summed E-state index contributed by atoms with van der Waals surface area (Å²) < 4.78 is 30.6. The highest BCUT2D eigenvalue weighted by Gasteiger charge is 2.44. The van der Waals surface area contributed by atoms with Crippen molar-refractivity contribution in [3.05, 3.63) is 79.5 Å². The van der Waals surface area contributed by atoms with Crippen molar-refractivity contribution in [1.29, 1.82) is 0 Å². The lowest BCUT2D eigenvalue weighted by Gasteiger charge is -2.36. The first-order valence-electron chi connectivity index (χ1n) is 22.3. The lowest BCUT2D eigenvalue weighted by molar-refractivity contribution is -0.159. The Morgan fingerprint density at radius 2 is 1.71 bits per heavy atom. The molecule has 17 heteroatoms. The Balaban J connectivity index is 1.46. The van der Waals surface area contributed by atoms with Crippen LogP contribution in [0.15, 0.2) is 62.3 Å². The number of aromatic nitrogens is 1. The first-order valence-corrected chi connectivity index (χ1v) is 22.3. The number of ether oxygens (including phenoxy) is 4. The van der Waals surface area contributed by atoms with Gasteiger partial charge in [-0.2, -0.15) is 0 Å². The van der Waals surface area contributed by atoms with Gasteiger partial charge in [-0.05, 0) is 38.2 Å². The summed E-state index contributed by atoms with van der Waals surface area (Å²) in [7, 11) is 1.48. The zero-order valence-corrected chi connectivity index (χ0v) is 38.8. The van der Waals surface area contributed by atoms with Crippen LogP contribution in [-0.4, -0.2) is 113 Å². The number of aliphatic hydroxyl groups is 3. The third kappa shape index (κ3) is 8.96. The fourth-order valence-corrected chi connectivity index (χ4v) is 9.49. The number of phenols is 1. The number of carbonyl (C=O) groups is 2. The molecule has 0 spiro atoms. The number of methoxy groups -OCH3 is 1. The van der Waals surface area contributed by atoms with E-state index in [1.54, 1.807) is 31.2 Å². The number of β-amino-alcohol motifs (C(OH)–C–C–N with tert-alkyl or cyclic N) is 1. The summed E-state index contributed by atoms with van der Waals surface area (Å²) in [5.74, 6) is -5.58. The van der Waals surface area contributed by atoms with Crippen molar-refractivity contribution in [2.45, 2.75) is 85.9 Å². The smallest absolute Gasteiger partial charge is 0.307 e. The highest BCUT2D eigenvalue weighted by molar-refractivity contribution is 6.16. The number of nitrogens with one attached hydrogen (secondary N) is 1. The van der Waals surface area contributed by atoms with E-state index < -0.39 is 70.2 Å². The van der Waals surface area contributed by atoms with Crippen LogP contribution in [0.2, 0.25) is 0 Å². The van der Waals surface area contributed by atoms with Gasteiger partial charge in [-0.1, -0.05) is 45.9 Å². The molecule has 0 unspecified atom stereocenters. The van der Waals surface area contributed by atoms with Crippen molar-refractivity contribution in [1.82, 2.24) is 9.88 Å². The predicted octanol–water partition coefficient (Wildman–Crippen LogP) is 4.70. The van der Waals surface area contributed by atoms with Gasteiger partial charge in [-0.25, -0.2) is 4.98 Å². The Morgan fingerprint density at radius 1 is 1.00 bits per heavy atom. The number of allylic oxidation sites excluding steroid dienone is 3. The number of rotatable bonds is 5. The molecule has 4 aromatic rings. The second-order valence-corrected chi connectivity index (χ2v) is 18.1. The van der Waals surface area contributed by atoms with E-state index in [-0.39, 0.29) is 79.2 Å². The van der Waals surface area contributed by atoms with E-state index in [9.17, 15) is 39.6 Å². The monoisotopic (exact) mass is 912 g/mol. The molecule has 3 aliphatic heterocycles. The van der Waals surface area contributed by atoms with Gasteiger partial charge in [0.2, 0.25) is 10.9 Å². The number of nitrogens with zero attached hydrogens (tertiary/aromatic N) is 3.